The molecule has 1 saturated carbocycles. The summed E-state index contributed by atoms with van der Waals surface area (Å²) in [5.74, 6) is 8.68. The van der Waals surface area contributed by atoms with Crippen LogP contribution in [-0.2, 0) is 0 Å². The van der Waals surface area contributed by atoms with Crippen LogP contribution in [0.15, 0.2) is 6.07 Å². The van der Waals surface area contributed by atoms with E-state index in [1.54, 1.807) is 0 Å². The summed E-state index contributed by atoms with van der Waals surface area (Å²) in [6.45, 7) is 5.18. The van der Waals surface area contributed by atoms with Crippen molar-refractivity contribution in [3.05, 3.63) is 11.9 Å². The van der Waals surface area contributed by atoms with Crippen LogP contribution in [0.3, 0.4) is 0 Å². The fraction of sp³-hybridized carbons (Fsp3) is 0.714. The van der Waals surface area contributed by atoms with Crippen LogP contribution in [0.4, 0.5) is 11.6 Å². The van der Waals surface area contributed by atoms with Crippen molar-refractivity contribution >= 4 is 11.6 Å². The fourth-order valence-electron chi connectivity index (χ4n) is 2.23. The normalized spacial score (nSPS) is 14.7. The predicted molar refractivity (Wildman–Crippen MR) is 82.9 cm³/mol. The number of aromatic nitrogens is 2. The van der Waals surface area contributed by atoms with Gasteiger partial charge in [-0.1, -0.05) is 0 Å². The summed E-state index contributed by atoms with van der Waals surface area (Å²) in [6.07, 6.45) is 3.51. The number of nitrogens with one attached hydrogen (secondary N) is 1. The van der Waals surface area contributed by atoms with E-state index in [-0.39, 0.29) is 0 Å². The van der Waals surface area contributed by atoms with Crippen molar-refractivity contribution in [2.24, 2.45) is 5.84 Å². The van der Waals surface area contributed by atoms with Gasteiger partial charge in [0.2, 0.25) is 0 Å². The number of nitrogens with two attached hydrogens (primary N) is 1. The van der Waals surface area contributed by atoms with E-state index in [9.17, 15) is 0 Å². The molecular weight excluding hydrogens is 252 g/mol. The molecule has 6 nitrogen and oxygen atoms in total. The molecule has 3 N–H and O–H groups in total. The molecule has 1 aromatic rings. The van der Waals surface area contributed by atoms with Crippen molar-refractivity contribution in [2.45, 2.75) is 32.1 Å². The second-order valence-electron chi connectivity index (χ2n) is 5.62. The van der Waals surface area contributed by atoms with E-state index in [2.05, 4.69) is 41.2 Å². The molecule has 20 heavy (non-hydrogen) atoms. The molecule has 112 valence electrons. The molecule has 1 aromatic heterocycles. The summed E-state index contributed by atoms with van der Waals surface area (Å²) in [5.41, 5.74) is 2.66. The van der Waals surface area contributed by atoms with Gasteiger partial charge in [0.1, 0.15) is 17.5 Å². The lowest BCUT2D eigenvalue weighted by atomic mass is 10.3. The molecule has 0 atom stereocenters. The highest BCUT2D eigenvalue weighted by Gasteiger charge is 2.27. The molecule has 0 spiro atoms. The van der Waals surface area contributed by atoms with Crippen LogP contribution in [0.1, 0.15) is 37.9 Å². The Bertz CT molecular complexity index is 430. The SMILES string of the molecule is CCN(CCCN(C)C)c1cc(NN)nc(C2CC2)n1. The van der Waals surface area contributed by atoms with Gasteiger partial charge in [-0.3, -0.25) is 0 Å². The van der Waals surface area contributed by atoms with Crippen LogP contribution in [0.25, 0.3) is 0 Å². The third-order valence-electron chi connectivity index (χ3n) is 3.56. The van der Waals surface area contributed by atoms with Crippen LogP contribution in [0.5, 0.6) is 0 Å². The van der Waals surface area contributed by atoms with Crippen molar-refractivity contribution in [3.8, 4) is 0 Å². The van der Waals surface area contributed by atoms with Crippen molar-refractivity contribution in [1.29, 1.82) is 0 Å². The van der Waals surface area contributed by atoms with Gasteiger partial charge in [-0.2, -0.15) is 0 Å². The zero-order chi connectivity index (χ0) is 14.5. The molecule has 2 rings (SSSR count). The minimum atomic E-state index is 0.530. The number of nitrogen functional groups attached to an aromatic ring is 1. The Morgan fingerprint density at radius 3 is 2.60 bits per heavy atom. The largest absolute Gasteiger partial charge is 0.357 e. The van der Waals surface area contributed by atoms with E-state index in [0.717, 1.165) is 37.7 Å². The first-order valence-corrected chi connectivity index (χ1v) is 7.39. The first-order valence-electron chi connectivity index (χ1n) is 7.39. The summed E-state index contributed by atoms with van der Waals surface area (Å²) in [6, 6.07) is 1.94. The summed E-state index contributed by atoms with van der Waals surface area (Å²) in [4.78, 5) is 13.7. The summed E-state index contributed by atoms with van der Waals surface area (Å²) >= 11 is 0. The minimum absolute atomic E-state index is 0.530. The molecule has 0 aromatic carbocycles. The minimum Gasteiger partial charge on any atom is -0.357 e. The van der Waals surface area contributed by atoms with Crippen LogP contribution in [0.2, 0.25) is 0 Å². The molecule has 1 aliphatic rings. The molecule has 0 unspecified atom stereocenters. The highest BCUT2D eigenvalue weighted by molar-refractivity contribution is 5.49. The fourth-order valence-corrected chi connectivity index (χ4v) is 2.23. The lowest BCUT2D eigenvalue weighted by Gasteiger charge is -2.23. The second kappa shape index (κ2) is 6.85. The molecule has 0 amide bonds. The Kier molecular flexibility index (Phi) is 5.14. The third-order valence-corrected chi connectivity index (χ3v) is 3.56. The van der Waals surface area contributed by atoms with Gasteiger partial charge >= 0.3 is 0 Å². The van der Waals surface area contributed by atoms with Crippen LogP contribution < -0.4 is 16.2 Å². The molecule has 0 saturated heterocycles. The van der Waals surface area contributed by atoms with E-state index in [1.165, 1.54) is 12.8 Å². The Morgan fingerprint density at radius 2 is 2.05 bits per heavy atom. The maximum Gasteiger partial charge on any atom is 0.145 e. The molecule has 0 aliphatic heterocycles. The topological polar surface area (TPSA) is 70.3 Å². The van der Waals surface area contributed by atoms with Crippen molar-refractivity contribution in [1.82, 2.24) is 14.9 Å². The zero-order valence-corrected chi connectivity index (χ0v) is 12.8. The zero-order valence-electron chi connectivity index (χ0n) is 12.8. The Labute approximate surface area is 121 Å². The lowest BCUT2D eigenvalue weighted by molar-refractivity contribution is 0.400. The smallest absolute Gasteiger partial charge is 0.145 e. The van der Waals surface area contributed by atoms with E-state index >= 15 is 0 Å². The van der Waals surface area contributed by atoms with Crippen LogP contribution in [0, 0.1) is 0 Å². The maximum absolute atomic E-state index is 5.52. The number of anilines is 2. The predicted octanol–water partition coefficient (Wildman–Crippen LogP) is 1.42. The quantitative estimate of drug-likeness (QED) is 0.553. The second-order valence-corrected chi connectivity index (χ2v) is 5.62. The van der Waals surface area contributed by atoms with Gasteiger partial charge in [0.05, 0.1) is 0 Å². The Hall–Kier alpha value is -1.40. The molecule has 1 heterocycles. The third kappa shape index (κ3) is 4.05. The molecular formula is C14H26N6. The number of hydrogen-bond donors (Lipinski definition) is 2. The van der Waals surface area contributed by atoms with Crippen molar-refractivity contribution in [2.75, 3.05) is 44.1 Å². The van der Waals surface area contributed by atoms with Gasteiger partial charge in [-0.25, -0.2) is 15.8 Å². The van der Waals surface area contributed by atoms with Gasteiger partial charge in [-0.15, -0.1) is 0 Å². The highest BCUT2D eigenvalue weighted by atomic mass is 15.3. The lowest BCUT2D eigenvalue weighted by Crippen LogP contribution is -2.28. The molecule has 0 bridgehead atoms. The van der Waals surface area contributed by atoms with E-state index in [4.69, 9.17) is 10.8 Å². The monoisotopic (exact) mass is 278 g/mol. The molecule has 1 aliphatic carbocycles. The van der Waals surface area contributed by atoms with Crippen molar-refractivity contribution < 1.29 is 0 Å². The average Bonchev–Trinajstić information content (AvgIpc) is 3.27. The highest BCUT2D eigenvalue weighted by Crippen LogP contribution is 2.39. The van der Waals surface area contributed by atoms with E-state index in [1.807, 2.05) is 6.07 Å². The average molecular weight is 278 g/mol. The van der Waals surface area contributed by atoms with E-state index in [0.29, 0.717) is 11.7 Å². The number of rotatable bonds is 8. The first kappa shape index (κ1) is 15.0. The van der Waals surface area contributed by atoms with Gasteiger partial charge in [0, 0.05) is 25.1 Å². The number of nitrogens with zero attached hydrogens (tertiary/aromatic N) is 4. The Balaban J connectivity index is 2.09. The number of hydrazine groups is 1. The van der Waals surface area contributed by atoms with Crippen LogP contribution in [-0.4, -0.2) is 48.6 Å². The van der Waals surface area contributed by atoms with Crippen LogP contribution >= 0.6 is 0 Å². The summed E-state index contributed by atoms with van der Waals surface area (Å²) in [5, 5.41) is 0. The standard InChI is InChI=1S/C14H26N6/c1-4-20(9-5-8-19(2)3)13-10-12(18-15)16-14(17-13)11-6-7-11/h10-11H,4-9,15H2,1-3H3,(H,16,17,18). The van der Waals surface area contributed by atoms with Gasteiger partial charge in [0.25, 0.3) is 0 Å². The summed E-state index contributed by atoms with van der Waals surface area (Å²) < 4.78 is 0. The molecule has 6 heteroatoms. The molecule has 1 fully saturated rings. The van der Waals surface area contributed by atoms with Crippen molar-refractivity contribution in [3.63, 3.8) is 0 Å². The first-order chi connectivity index (χ1) is 9.63. The van der Waals surface area contributed by atoms with E-state index < -0.39 is 0 Å². The summed E-state index contributed by atoms with van der Waals surface area (Å²) in [7, 11) is 4.20. The van der Waals surface area contributed by atoms with Gasteiger partial charge in [0.15, 0.2) is 0 Å². The maximum atomic E-state index is 5.52. The Morgan fingerprint density at radius 1 is 1.30 bits per heavy atom. The van der Waals surface area contributed by atoms with Gasteiger partial charge < -0.3 is 15.2 Å². The molecule has 0 radical (unpaired) electrons. The van der Waals surface area contributed by atoms with Gasteiger partial charge in [-0.05, 0) is 46.8 Å². The number of hydrogen-bond acceptors (Lipinski definition) is 6.